The minimum Gasteiger partial charge on any atom is -0.332 e. The van der Waals surface area contributed by atoms with Crippen LogP contribution in [0.4, 0.5) is 0 Å². The predicted octanol–water partition coefficient (Wildman–Crippen LogP) is 2.91. The fourth-order valence-electron chi connectivity index (χ4n) is 1.65. The van der Waals surface area contributed by atoms with E-state index in [9.17, 15) is 0 Å². The number of aromatic nitrogens is 2. The summed E-state index contributed by atoms with van der Waals surface area (Å²) in [5.41, 5.74) is 0.157. The molecule has 0 aliphatic heterocycles. The molecule has 0 bridgehead atoms. The maximum Gasteiger partial charge on any atom is 0.0951 e. The van der Waals surface area contributed by atoms with Gasteiger partial charge in [0.05, 0.1) is 6.33 Å². The van der Waals surface area contributed by atoms with Gasteiger partial charge in [-0.3, -0.25) is 0 Å². The first-order valence-corrected chi connectivity index (χ1v) is 4.94. The normalized spacial score (nSPS) is 14.9. The molecule has 1 rings (SSSR count). The van der Waals surface area contributed by atoms with Gasteiger partial charge >= 0.3 is 0 Å². The highest BCUT2D eigenvalue weighted by atomic mass is 15.1. The molecule has 74 valence electrons. The van der Waals surface area contributed by atoms with Gasteiger partial charge in [0.2, 0.25) is 0 Å². The van der Waals surface area contributed by atoms with Gasteiger partial charge in [-0.25, -0.2) is 4.98 Å². The topological polar surface area (TPSA) is 17.8 Å². The third-order valence-electron chi connectivity index (χ3n) is 3.28. The summed E-state index contributed by atoms with van der Waals surface area (Å²) in [5, 5.41) is 0. The molecule has 2 heteroatoms. The first-order chi connectivity index (χ1) is 5.96. The molecule has 0 aliphatic carbocycles. The lowest BCUT2D eigenvalue weighted by molar-refractivity contribution is 0.179. The molecule has 0 aromatic carbocycles. The maximum absolute atomic E-state index is 4.09. The fraction of sp³-hybridized carbons (Fsp3) is 0.727. The van der Waals surface area contributed by atoms with Crippen molar-refractivity contribution in [2.24, 2.45) is 11.8 Å². The predicted molar refractivity (Wildman–Crippen MR) is 55.6 cm³/mol. The zero-order valence-electron chi connectivity index (χ0n) is 9.28. The Morgan fingerprint density at radius 2 is 1.85 bits per heavy atom. The number of rotatable bonds is 3. The standard InChI is InChI=1S/C11H20N2/c1-9(2)10(3)11(4,5)13-7-6-12-8-13/h6-10H,1-5H3/t10-/m0/s1. The van der Waals surface area contributed by atoms with E-state index in [1.807, 2.05) is 18.7 Å². The smallest absolute Gasteiger partial charge is 0.0951 e. The quantitative estimate of drug-likeness (QED) is 0.699. The zero-order valence-corrected chi connectivity index (χ0v) is 9.28. The fourth-order valence-corrected chi connectivity index (χ4v) is 1.65. The van der Waals surface area contributed by atoms with Crippen LogP contribution < -0.4 is 0 Å². The molecule has 1 heterocycles. The van der Waals surface area contributed by atoms with E-state index in [0.717, 1.165) is 0 Å². The molecule has 13 heavy (non-hydrogen) atoms. The second kappa shape index (κ2) is 3.52. The molecule has 1 aromatic heterocycles. The van der Waals surface area contributed by atoms with Crippen LogP contribution in [-0.4, -0.2) is 9.55 Å². The number of hydrogen-bond donors (Lipinski definition) is 0. The summed E-state index contributed by atoms with van der Waals surface area (Å²) in [6.45, 7) is 11.4. The highest BCUT2D eigenvalue weighted by Crippen LogP contribution is 2.30. The molecular weight excluding hydrogens is 160 g/mol. The van der Waals surface area contributed by atoms with Crippen LogP contribution in [0.15, 0.2) is 18.7 Å². The lowest BCUT2D eigenvalue weighted by Gasteiger charge is -2.35. The minimum absolute atomic E-state index is 0.157. The Balaban J connectivity index is 2.88. The maximum atomic E-state index is 4.09. The van der Waals surface area contributed by atoms with Crippen LogP contribution in [0.1, 0.15) is 34.6 Å². The average molecular weight is 180 g/mol. The summed E-state index contributed by atoms with van der Waals surface area (Å²) in [4.78, 5) is 4.09. The van der Waals surface area contributed by atoms with E-state index >= 15 is 0 Å². The summed E-state index contributed by atoms with van der Waals surface area (Å²) in [5.74, 6) is 1.33. The molecule has 0 saturated carbocycles. The van der Waals surface area contributed by atoms with E-state index in [2.05, 4.69) is 44.2 Å². The molecule has 0 N–H and O–H groups in total. The molecule has 0 saturated heterocycles. The van der Waals surface area contributed by atoms with Gasteiger partial charge < -0.3 is 4.57 Å². The van der Waals surface area contributed by atoms with Gasteiger partial charge in [-0.1, -0.05) is 20.8 Å². The van der Waals surface area contributed by atoms with Crippen molar-refractivity contribution in [3.63, 3.8) is 0 Å². The van der Waals surface area contributed by atoms with Crippen LogP contribution in [0.5, 0.6) is 0 Å². The van der Waals surface area contributed by atoms with Crippen molar-refractivity contribution in [3.8, 4) is 0 Å². The monoisotopic (exact) mass is 180 g/mol. The summed E-state index contributed by atoms with van der Waals surface area (Å²) in [6, 6.07) is 0. The van der Waals surface area contributed by atoms with Crippen molar-refractivity contribution in [3.05, 3.63) is 18.7 Å². The lowest BCUT2D eigenvalue weighted by atomic mass is 9.81. The molecule has 1 atom stereocenters. The van der Waals surface area contributed by atoms with Crippen LogP contribution in [0, 0.1) is 11.8 Å². The van der Waals surface area contributed by atoms with Crippen LogP contribution >= 0.6 is 0 Å². The van der Waals surface area contributed by atoms with Gasteiger partial charge in [-0.15, -0.1) is 0 Å². The van der Waals surface area contributed by atoms with Gasteiger partial charge in [0.25, 0.3) is 0 Å². The second-order valence-electron chi connectivity index (χ2n) is 4.66. The van der Waals surface area contributed by atoms with Crippen LogP contribution in [0.3, 0.4) is 0 Å². The summed E-state index contributed by atoms with van der Waals surface area (Å²) in [6.07, 6.45) is 5.78. The van der Waals surface area contributed by atoms with E-state index in [0.29, 0.717) is 11.8 Å². The number of nitrogens with zero attached hydrogens (tertiary/aromatic N) is 2. The van der Waals surface area contributed by atoms with E-state index in [-0.39, 0.29) is 5.54 Å². The first kappa shape index (κ1) is 10.3. The highest BCUT2D eigenvalue weighted by molar-refractivity contribution is 4.90. The van der Waals surface area contributed by atoms with E-state index in [1.165, 1.54) is 0 Å². The van der Waals surface area contributed by atoms with Crippen LogP contribution in [-0.2, 0) is 5.54 Å². The van der Waals surface area contributed by atoms with Crippen LogP contribution in [0.25, 0.3) is 0 Å². The molecule has 0 unspecified atom stereocenters. The molecule has 0 spiro atoms. The Labute approximate surface area is 81.0 Å². The highest BCUT2D eigenvalue weighted by Gasteiger charge is 2.29. The van der Waals surface area contributed by atoms with E-state index in [4.69, 9.17) is 0 Å². The number of imidazole rings is 1. The van der Waals surface area contributed by atoms with Gasteiger partial charge in [-0.2, -0.15) is 0 Å². The van der Waals surface area contributed by atoms with Crippen molar-refractivity contribution >= 4 is 0 Å². The Morgan fingerprint density at radius 3 is 2.23 bits per heavy atom. The molecule has 0 aliphatic rings. The molecule has 1 aromatic rings. The Kier molecular flexibility index (Phi) is 2.79. The SMILES string of the molecule is CC(C)[C@H](C)C(C)(C)n1ccnc1. The summed E-state index contributed by atoms with van der Waals surface area (Å²) in [7, 11) is 0. The Bertz CT molecular complexity index is 247. The molecule has 0 amide bonds. The summed E-state index contributed by atoms with van der Waals surface area (Å²) >= 11 is 0. The lowest BCUT2D eigenvalue weighted by Crippen LogP contribution is -2.35. The number of hydrogen-bond acceptors (Lipinski definition) is 1. The second-order valence-corrected chi connectivity index (χ2v) is 4.66. The van der Waals surface area contributed by atoms with E-state index in [1.54, 1.807) is 0 Å². The molecule has 0 radical (unpaired) electrons. The van der Waals surface area contributed by atoms with Gasteiger partial charge in [0.15, 0.2) is 0 Å². The van der Waals surface area contributed by atoms with Gasteiger partial charge in [0, 0.05) is 17.9 Å². The minimum atomic E-state index is 0.157. The van der Waals surface area contributed by atoms with E-state index < -0.39 is 0 Å². The zero-order chi connectivity index (χ0) is 10.1. The Morgan fingerprint density at radius 1 is 1.23 bits per heavy atom. The Hall–Kier alpha value is -0.790. The largest absolute Gasteiger partial charge is 0.332 e. The molecule has 0 fully saturated rings. The average Bonchev–Trinajstić information content (AvgIpc) is 2.54. The van der Waals surface area contributed by atoms with Crippen molar-refractivity contribution < 1.29 is 0 Å². The molecular formula is C11H20N2. The van der Waals surface area contributed by atoms with Crippen molar-refractivity contribution in [1.29, 1.82) is 0 Å². The van der Waals surface area contributed by atoms with Crippen molar-refractivity contribution in [2.45, 2.75) is 40.2 Å². The third kappa shape index (κ3) is 1.93. The summed E-state index contributed by atoms with van der Waals surface area (Å²) < 4.78 is 2.19. The van der Waals surface area contributed by atoms with Gasteiger partial charge in [-0.05, 0) is 25.7 Å². The van der Waals surface area contributed by atoms with Crippen molar-refractivity contribution in [2.75, 3.05) is 0 Å². The van der Waals surface area contributed by atoms with Gasteiger partial charge in [0.1, 0.15) is 0 Å². The molecule has 2 nitrogen and oxygen atoms in total. The van der Waals surface area contributed by atoms with Crippen molar-refractivity contribution in [1.82, 2.24) is 9.55 Å². The van der Waals surface area contributed by atoms with Crippen LogP contribution in [0.2, 0.25) is 0 Å². The third-order valence-corrected chi connectivity index (χ3v) is 3.28. The first-order valence-electron chi connectivity index (χ1n) is 4.94.